The second kappa shape index (κ2) is 7.63. The molecule has 0 aromatic heterocycles. The van der Waals surface area contributed by atoms with Crippen molar-refractivity contribution in [2.45, 2.75) is 39.5 Å². The Morgan fingerprint density at radius 2 is 2.00 bits per heavy atom. The number of carbonyl (C=O) groups is 1. The van der Waals surface area contributed by atoms with E-state index in [2.05, 4.69) is 0 Å². The van der Waals surface area contributed by atoms with E-state index in [0.29, 0.717) is 6.54 Å². The van der Waals surface area contributed by atoms with Crippen molar-refractivity contribution >= 4 is 5.91 Å². The predicted molar refractivity (Wildman–Crippen MR) is 66.0 cm³/mol. The zero-order chi connectivity index (χ0) is 12.6. The van der Waals surface area contributed by atoms with E-state index < -0.39 is 5.41 Å². The second-order valence-electron chi connectivity index (χ2n) is 4.63. The summed E-state index contributed by atoms with van der Waals surface area (Å²) in [5.41, 5.74) is 5.23. The fourth-order valence-corrected chi connectivity index (χ4v) is 1.58. The quantitative estimate of drug-likeness (QED) is 0.611. The van der Waals surface area contributed by atoms with Crippen LogP contribution in [0.15, 0.2) is 0 Å². The first kappa shape index (κ1) is 15.4. The number of hydrogen-bond acceptors (Lipinski definition) is 3. The summed E-state index contributed by atoms with van der Waals surface area (Å²) in [5, 5.41) is 8.65. The first-order valence-corrected chi connectivity index (χ1v) is 6.08. The van der Waals surface area contributed by atoms with Crippen molar-refractivity contribution < 1.29 is 9.90 Å². The molecule has 0 bridgehead atoms. The van der Waals surface area contributed by atoms with Crippen LogP contribution in [0.25, 0.3) is 0 Å². The Bertz CT molecular complexity index is 203. The van der Waals surface area contributed by atoms with E-state index in [1.165, 1.54) is 0 Å². The summed E-state index contributed by atoms with van der Waals surface area (Å²) in [6.07, 6.45) is 3.47. The van der Waals surface area contributed by atoms with Gasteiger partial charge < -0.3 is 15.7 Å². The van der Waals surface area contributed by atoms with Gasteiger partial charge in [0.25, 0.3) is 0 Å². The fraction of sp³-hybridized carbons (Fsp3) is 0.917. The van der Waals surface area contributed by atoms with Crippen LogP contribution in [0.3, 0.4) is 0 Å². The van der Waals surface area contributed by atoms with E-state index in [-0.39, 0.29) is 12.5 Å². The van der Waals surface area contributed by atoms with Crippen molar-refractivity contribution in [1.29, 1.82) is 0 Å². The molecule has 1 amide bonds. The summed E-state index contributed by atoms with van der Waals surface area (Å²) in [4.78, 5) is 13.8. The molecule has 1 atom stereocenters. The van der Waals surface area contributed by atoms with Gasteiger partial charge in [-0.15, -0.1) is 0 Å². The van der Waals surface area contributed by atoms with Crippen molar-refractivity contribution in [2.24, 2.45) is 11.1 Å². The Kier molecular flexibility index (Phi) is 7.34. The maximum Gasteiger partial charge on any atom is 0.229 e. The van der Waals surface area contributed by atoms with Crippen LogP contribution in [0.4, 0.5) is 0 Å². The largest absolute Gasteiger partial charge is 0.396 e. The van der Waals surface area contributed by atoms with Crippen LogP contribution in [0.5, 0.6) is 0 Å². The number of rotatable bonds is 8. The van der Waals surface area contributed by atoms with Crippen molar-refractivity contribution in [2.75, 3.05) is 26.7 Å². The molecule has 0 aromatic rings. The zero-order valence-electron chi connectivity index (χ0n) is 10.8. The van der Waals surface area contributed by atoms with Crippen LogP contribution in [0, 0.1) is 5.41 Å². The van der Waals surface area contributed by atoms with Crippen LogP contribution >= 0.6 is 0 Å². The average molecular weight is 230 g/mol. The van der Waals surface area contributed by atoms with Gasteiger partial charge >= 0.3 is 0 Å². The van der Waals surface area contributed by atoms with Crippen molar-refractivity contribution in [3.05, 3.63) is 0 Å². The van der Waals surface area contributed by atoms with Gasteiger partial charge in [-0.25, -0.2) is 0 Å². The molecule has 0 rings (SSSR count). The Morgan fingerprint density at radius 3 is 2.44 bits per heavy atom. The lowest BCUT2D eigenvalue weighted by Gasteiger charge is -2.30. The Balaban J connectivity index is 4.07. The maximum absolute atomic E-state index is 12.1. The highest BCUT2D eigenvalue weighted by molar-refractivity contribution is 5.82. The summed E-state index contributed by atoms with van der Waals surface area (Å²) in [5.74, 6) is 0.126. The number of aliphatic hydroxyl groups is 1. The van der Waals surface area contributed by atoms with Gasteiger partial charge in [0.05, 0.1) is 5.41 Å². The standard InChI is InChI=1S/C12H26N2O2/c1-4-12(2,10-13)11(16)14(3)8-6-5-7-9-15/h15H,4-10,13H2,1-3H3. The van der Waals surface area contributed by atoms with Crippen LogP contribution in [-0.2, 0) is 4.79 Å². The van der Waals surface area contributed by atoms with Crippen LogP contribution in [0.2, 0.25) is 0 Å². The topological polar surface area (TPSA) is 66.6 Å². The minimum atomic E-state index is -0.425. The number of nitrogens with two attached hydrogens (primary N) is 1. The van der Waals surface area contributed by atoms with Crippen LogP contribution in [-0.4, -0.2) is 42.7 Å². The number of hydrogen-bond donors (Lipinski definition) is 2. The van der Waals surface area contributed by atoms with E-state index in [4.69, 9.17) is 10.8 Å². The summed E-state index contributed by atoms with van der Waals surface area (Å²) < 4.78 is 0. The van der Waals surface area contributed by atoms with E-state index in [1.807, 2.05) is 20.9 Å². The molecule has 0 radical (unpaired) electrons. The number of amides is 1. The molecule has 0 aliphatic rings. The SMILES string of the molecule is CCC(C)(CN)C(=O)N(C)CCCCCO. The normalized spacial score (nSPS) is 14.6. The molecule has 0 spiro atoms. The molecular formula is C12H26N2O2. The molecule has 96 valence electrons. The predicted octanol–water partition coefficient (Wildman–Crippen LogP) is 0.982. The number of carbonyl (C=O) groups excluding carboxylic acids is 1. The molecule has 0 aromatic carbocycles. The van der Waals surface area contributed by atoms with Gasteiger partial charge in [-0.2, -0.15) is 0 Å². The minimum absolute atomic E-state index is 0.126. The van der Waals surface area contributed by atoms with Crippen molar-refractivity contribution in [3.63, 3.8) is 0 Å². The van der Waals surface area contributed by atoms with Gasteiger partial charge in [-0.3, -0.25) is 4.79 Å². The average Bonchev–Trinajstić information content (AvgIpc) is 2.32. The molecule has 0 saturated heterocycles. The molecule has 0 fully saturated rings. The summed E-state index contributed by atoms with van der Waals surface area (Å²) in [6, 6.07) is 0. The highest BCUT2D eigenvalue weighted by Gasteiger charge is 2.31. The third-order valence-corrected chi connectivity index (χ3v) is 3.25. The van der Waals surface area contributed by atoms with Gasteiger partial charge in [-0.1, -0.05) is 6.92 Å². The summed E-state index contributed by atoms with van der Waals surface area (Å²) in [7, 11) is 1.82. The Labute approximate surface area is 98.8 Å². The smallest absolute Gasteiger partial charge is 0.229 e. The molecule has 0 heterocycles. The highest BCUT2D eigenvalue weighted by atomic mass is 16.2. The molecule has 4 nitrogen and oxygen atoms in total. The number of unbranched alkanes of at least 4 members (excludes halogenated alkanes) is 2. The fourth-order valence-electron chi connectivity index (χ4n) is 1.58. The molecule has 0 saturated carbocycles. The van der Waals surface area contributed by atoms with Crippen LogP contribution < -0.4 is 5.73 Å². The summed E-state index contributed by atoms with van der Waals surface area (Å²) in [6.45, 7) is 5.27. The molecule has 3 N–H and O–H groups in total. The molecule has 1 unspecified atom stereocenters. The third kappa shape index (κ3) is 4.49. The lowest BCUT2D eigenvalue weighted by molar-refractivity contribution is -0.139. The zero-order valence-corrected chi connectivity index (χ0v) is 10.8. The molecular weight excluding hydrogens is 204 g/mol. The number of aliphatic hydroxyl groups excluding tert-OH is 1. The van der Waals surface area contributed by atoms with Crippen molar-refractivity contribution in [3.8, 4) is 0 Å². The van der Waals surface area contributed by atoms with E-state index in [9.17, 15) is 4.79 Å². The lowest BCUT2D eigenvalue weighted by atomic mass is 9.86. The van der Waals surface area contributed by atoms with Crippen LogP contribution in [0.1, 0.15) is 39.5 Å². The maximum atomic E-state index is 12.1. The highest BCUT2D eigenvalue weighted by Crippen LogP contribution is 2.22. The van der Waals surface area contributed by atoms with E-state index in [0.717, 1.165) is 32.2 Å². The van der Waals surface area contributed by atoms with Gasteiger partial charge in [0.1, 0.15) is 0 Å². The Hall–Kier alpha value is -0.610. The molecule has 0 aliphatic carbocycles. The number of nitrogens with zero attached hydrogens (tertiary/aromatic N) is 1. The van der Waals surface area contributed by atoms with Gasteiger partial charge in [0.2, 0.25) is 5.91 Å². The minimum Gasteiger partial charge on any atom is -0.396 e. The van der Waals surface area contributed by atoms with E-state index >= 15 is 0 Å². The molecule has 16 heavy (non-hydrogen) atoms. The first-order valence-electron chi connectivity index (χ1n) is 6.08. The third-order valence-electron chi connectivity index (χ3n) is 3.25. The van der Waals surface area contributed by atoms with Gasteiger partial charge in [0, 0.05) is 26.7 Å². The Morgan fingerprint density at radius 1 is 1.38 bits per heavy atom. The molecule has 0 aliphatic heterocycles. The first-order chi connectivity index (χ1) is 7.51. The summed E-state index contributed by atoms with van der Waals surface area (Å²) >= 11 is 0. The lowest BCUT2D eigenvalue weighted by Crippen LogP contribution is -2.44. The second-order valence-corrected chi connectivity index (χ2v) is 4.63. The monoisotopic (exact) mass is 230 g/mol. The van der Waals surface area contributed by atoms with E-state index in [1.54, 1.807) is 4.90 Å². The van der Waals surface area contributed by atoms with Gasteiger partial charge in [0.15, 0.2) is 0 Å². The molecule has 4 heteroatoms. The van der Waals surface area contributed by atoms with Crippen molar-refractivity contribution in [1.82, 2.24) is 4.90 Å². The van der Waals surface area contributed by atoms with Gasteiger partial charge in [-0.05, 0) is 32.6 Å².